The fourth-order valence-electron chi connectivity index (χ4n) is 5.44. The number of methoxy groups -OCH3 is 1. The highest BCUT2D eigenvalue weighted by Gasteiger charge is 2.37. The van der Waals surface area contributed by atoms with E-state index in [1.54, 1.807) is 11.8 Å². The number of amides is 2. The lowest BCUT2D eigenvalue weighted by atomic mass is 9.92. The number of nitrogens with one attached hydrogen (secondary N) is 1. The van der Waals surface area contributed by atoms with Gasteiger partial charge in [0.1, 0.15) is 0 Å². The quantitative estimate of drug-likeness (QED) is 0.410. The van der Waals surface area contributed by atoms with Gasteiger partial charge >= 0.3 is 0 Å². The van der Waals surface area contributed by atoms with E-state index in [0.717, 1.165) is 29.8 Å². The molecule has 0 aliphatic carbocycles. The highest BCUT2D eigenvalue weighted by molar-refractivity contribution is 5.94. The molecule has 222 valence electrons. The Kier molecular flexibility index (Phi) is 12.4. The first kappa shape index (κ1) is 32.0. The molecule has 2 amide bonds. The largest absolute Gasteiger partial charge is 0.385 e. The van der Waals surface area contributed by atoms with Gasteiger partial charge in [0.2, 0.25) is 5.91 Å². The summed E-state index contributed by atoms with van der Waals surface area (Å²) < 4.78 is 12.5. The molecule has 1 aromatic heterocycles. The summed E-state index contributed by atoms with van der Waals surface area (Å²) in [6, 6.07) is 8.00. The molecule has 2 atom stereocenters. The number of halogens is 1. The van der Waals surface area contributed by atoms with Gasteiger partial charge in [-0.3, -0.25) is 9.59 Å². The van der Waals surface area contributed by atoms with Gasteiger partial charge in [-0.2, -0.15) is 0 Å². The van der Waals surface area contributed by atoms with E-state index in [1.807, 2.05) is 41.0 Å². The van der Waals surface area contributed by atoms with Crippen LogP contribution in [0.5, 0.6) is 0 Å². The Labute approximate surface area is 244 Å². The van der Waals surface area contributed by atoms with Crippen molar-refractivity contribution in [2.24, 2.45) is 11.8 Å². The molecule has 2 aromatic rings. The number of morpholine rings is 1. The molecule has 0 bridgehead atoms. The molecule has 1 N–H and O–H groups in total. The number of aromatic nitrogens is 3. The zero-order valence-electron chi connectivity index (χ0n) is 24.3. The third-order valence-electron chi connectivity index (χ3n) is 7.52. The first-order chi connectivity index (χ1) is 18.9. The van der Waals surface area contributed by atoms with Crippen LogP contribution in [0.15, 0.2) is 24.3 Å². The van der Waals surface area contributed by atoms with Crippen LogP contribution in [0.1, 0.15) is 54.9 Å². The maximum Gasteiger partial charge on any atom is 0.276 e. The summed E-state index contributed by atoms with van der Waals surface area (Å²) in [6.07, 6.45) is 3.05. The summed E-state index contributed by atoms with van der Waals surface area (Å²) in [7, 11) is 1.70. The molecular weight excluding hydrogens is 532 g/mol. The Morgan fingerprint density at radius 1 is 1.15 bits per heavy atom. The fourth-order valence-corrected chi connectivity index (χ4v) is 5.44. The third-order valence-corrected chi connectivity index (χ3v) is 7.52. The van der Waals surface area contributed by atoms with Gasteiger partial charge in [0, 0.05) is 52.5 Å². The Morgan fingerprint density at radius 2 is 1.88 bits per heavy atom. The lowest BCUT2D eigenvalue weighted by Gasteiger charge is -2.40. The van der Waals surface area contributed by atoms with Crippen molar-refractivity contribution in [2.75, 3.05) is 59.7 Å². The maximum absolute atomic E-state index is 14.2. The Bertz CT molecular complexity index is 1090. The minimum Gasteiger partial charge on any atom is -0.385 e. The van der Waals surface area contributed by atoms with Crippen molar-refractivity contribution in [1.82, 2.24) is 30.1 Å². The van der Waals surface area contributed by atoms with Crippen LogP contribution < -0.4 is 5.32 Å². The van der Waals surface area contributed by atoms with Gasteiger partial charge in [0.15, 0.2) is 5.69 Å². The molecule has 1 aromatic carbocycles. The van der Waals surface area contributed by atoms with E-state index in [0.29, 0.717) is 71.1 Å². The van der Waals surface area contributed by atoms with Gasteiger partial charge in [-0.25, -0.2) is 4.68 Å². The molecule has 2 fully saturated rings. The highest BCUT2D eigenvalue weighted by atomic mass is 35.5. The van der Waals surface area contributed by atoms with Crippen molar-refractivity contribution in [3.05, 3.63) is 41.2 Å². The van der Waals surface area contributed by atoms with Crippen molar-refractivity contribution in [1.29, 1.82) is 0 Å². The number of ether oxygens (including phenoxy) is 2. The standard InChI is InChI=1S/C29H44N6O4.ClH/c1-21(2)20-34(25-17-23(18-30-19-25)28(36)33-12-15-39-16-13-33)29(37)27-26(7-5-6-14-38-4)35(32-31-27)24-10-8-22(3)9-11-24;/h8-11,21,23,25,30H,5-7,12-20H2,1-4H3;1H/t23-,25+;/m1./s1. The molecule has 11 heteroatoms. The Balaban J connectivity index is 0.00000441. The molecule has 0 spiro atoms. The van der Waals surface area contributed by atoms with Gasteiger partial charge in [0.25, 0.3) is 5.91 Å². The summed E-state index contributed by atoms with van der Waals surface area (Å²) in [4.78, 5) is 31.3. The number of aryl methyl sites for hydroxylation is 1. The summed E-state index contributed by atoms with van der Waals surface area (Å²) in [5.74, 6) is 0.134. The normalized spacial score (nSPS) is 19.4. The topological polar surface area (TPSA) is 102 Å². The number of rotatable bonds is 11. The second-order valence-electron chi connectivity index (χ2n) is 11.1. The summed E-state index contributed by atoms with van der Waals surface area (Å²) >= 11 is 0. The predicted octanol–water partition coefficient (Wildman–Crippen LogP) is 2.90. The van der Waals surface area contributed by atoms with E-state index in [-0.39, 0.29) is 42.1 Å². The van der Waals surface area contributed by atoms with Crippen molar-refractivity contribution in [3.8, 4) is 5.69 Å². The van der Waals surface area contributed by atoms with Crippen molar-refractivity contribution >= 4 is 24.2 Å². The second-order valence-corrected chi connectivity index (χ2v) is 11.1. The van der Waals surface area contributed by atoms with Crippen LogP contribution in [0, 0.1) is 18.8 Å². The van der Waals surface area contributed by atoms with Gasteiger partial charge in [-0.15, -0.1) is 17.5 Å². The molecule has 0 radical (unpaired) electrons. The number of unbranched alkanes of at least 4 members (excludes halogenated alkanes) is 1. The minimum absolute atomic E-state index is 0. The monoisotopic (exact) mass is 576 g/mol. The molecule has 40 heavy (non-hydrogen) atoms. The fraction of sp³-hybridized carbons (Fsp3) is 0.655. The first-order valence-corrected chi connectivity index (χ1v) is 14.3. The van der Waals surface area contributed by atoms with Crippen molar-refractivity contribution in [3.63, 3.8) is 0 Å². The number of piperidine rings is 1. The van der Waals surface area contributed by atoms with Crippen LogP contribution in [0.4, 0.5) is 0 Å². The van der Waals surface area contributed by atoms with E-state index in [1.165, 1.54) is 0 Å². The van der Waals surface area contributed by atoms with Crippen LogP contribution >= 0.6 is 12.4 Å². The average Bonchev–Trinajstić information content (AvgIpc) is 3.38. The maximum atomic E-state index is 14.2. The van der Waals surface area contributed by atoms with Crippen molar-refractivity contribution in [2.45, 2.75) is 52.5 Å². The van der Waals surface area contributed by atoms with Crippen LogP contribution in [-0.2, 0) is 20.7 Å². The van der Waals surface area contributed by atoms with Gasteiger partial charge in [-0.05, 0) is 50.7 Å². The molecule has 2 saturated heterocycles. The molecule has 4 rings (SSSR count). The first-order valence-electron chi connectivity index (χ1n) is 14.3. The van der Waals surface area contributed by atoms with E-state index in [2.05, 4.69) is 29.5 Å². The summed E-state index contributed by atoms with van der Waals surface area (Å²) in [5, 5.41) is 12.3. The van der Waals surface area contributed by atoms with Crippen molar-refractivity contribution < 1.29 is 19.1 Å². The SMILES string of the molecule is COCCCCc1c(C(=O)N(CC(C)C)[C@@H]2CNC[C@H](C(=O)N3CCOCC3)C2)nnn1-c1ccc(C)cc1.Cl. The van der Waals surface area contributed by atoms with E-state index >= 15 is 0 Å². The number of hydrogen-bond donors (Lipinski definition) is 1. The Hall–Kier alpha value is -2.53. The van der Waals surface area contributed by atoms with Gasteiger partial charge in [0.05, 0.1) is 30.5 Å². The highest BCUT2D eigenvalue weighted by Crippen LogP contribution is 2.24. The summed E-state index contributed by atoms with van der Waals surface area (Å²) in [5.41, 5.74) is 3.26. The molecule has 2 aliphatic heterocycles. The van der Waals surface area contributed by atoms with E-state index in [4.69, 9.17) is 9.47 Å². The molecule has 2 aliphatic rings. The molecule has 0 saturated carbocycles. The van der Waals surface area contributed by atoms with Crippen LogP contribution in [-0.4, -0.2) is 102 Å². The lowest BCUT2D eigenvalue weighted by molar-refractivity contribution is -0.140. The van der Waals surface area contributed by atoms with E-state index < -0.39 is 0 Å². The lowest BCUT2D eigenvalue weighted by Crippen LogP contribution is -2.56. The van der Waals surface area contributed by atoms with Crippen LogP contribution in [0.25, 0.3) is 5.69 Å². The second kappa shape index (κ2) is 15.5. The van der Waals surface area contributed by atoms with Gasteiger partial charge < -0.3 is 24.6 Å². The average molecular weight is 577 g/mol. The zero-order chi connectivity index (χ0) is 27.8. The summed E-state index contributed by atoms with van der Waals surface area (Å²) in [6.45, 7) is 11.2. The molecule has 0 unspecified atom stereocenters. The number of hydrogen-bond acceptors (Lipinski definition) is 7. The number of benzene rings is 1. The van der Waals surface area contributed by atoms with E-state index in [9.17, 15) is 9.59 Å². The number of carbonyl (C=O) groups is 2. The number of nitrogens with zero attached hydrogens (tertiary/aromatic N) is 5. The smallest absolute Gasteiger partial charge is 0.276 e. The van der Waals surface area contributed by atoms with Gasteiger partial charge in [-0.1, -0.05) is 36.8 Å². The van der Waals surface area contributed by atoms with Crippen LogP contribution in [0.3, 0.4) is 0 Å². The zero-order valence-corrected chi connectivity index (χ0v) is 25.1. The Morgan fingerprint density at radius 3 is 2.55 bits per heavy atom. The predicted molar refractivity (Wildman–Crippen MR) is 156 cm³/mol. The number of carbonyl (C=O) groups excluding carboxylic acids is 2. The van der Waals surface area contributed by atoms with Crippen LogP contribution in [0.2, 0.25) is 0 Å². The third kappa shape index (κ3) is 8.02. The molecule has 10 nitrogen and oxygen atoms in total. The minimum atomic E-state index is -0.166. The molecular formula is C29H45ClN6O4. The molecule has 3 heterocycles.